The number of benzene rings is 1. The van der Waals surface area contributed by atoms with Gasteiger partial charge < -0.3 is 24.7 Å². The molecule has 140 valence electrons. The molecule has 1 aromatic heterocycles. The standard InChI is InChI=1S/C20H21N3O4/c1-2-9-26-14-7-5-13(6-8-14)18-17-16(21-20(25)22-18)12-23(19(17)24)11-15-4-3-10-27-15/h3-8,10,18H,2,9,11-12H2,1H3,(H2,21,22,25)/t18-/m1/s1. The molecule has 0 bridgehead atoms. The van der Waals surface area contributed by atoms with Crippen molar-refractivity contribution in [1.82, 2.24) is 15.5 Å². The smallest absolute Gasteiger partial charge is 0.319 e. The van der Waals surface area contributed by atoms with Crippen molar-refractivity contribution >= 4 is 11.9 Å². The number of urea groups is 1. The summed E-state index contributed by atoms with van der Waals surface area (Å²) in [6.45, 7) is 3.42. The Morgan fingerprint density at radius 1 is 1.22 bits per heavy atom. The number of furan rings is 1. The first kappa shape index (κ1) is 17.2. The van der Waals surface area contributed by atoms with Crippen LogP contribution in [0.5, 0.6) is 5.75 Å². The molecule has 4 rings (SSSR count). The number of nitrogens with zero attached hydrogens (tertiary/aromatic N) is 1. The monoisotopic (exact) mass is 367 g/mol. The van der Waals surface area contributed by atoms with Crippen LogP contribution in [0.25, 0.3) is 0 Å². The lowest BCUT2D eigenvalue weighted by Gasteiger charge is -2.25. The van der Waals surface area contributed by atoms with Crippen molar-refractivity contribution in [3.05, 3.63) is 65.3 Å². The van der Waals surface area contributed by atoms with Crippen LogP contribution in [0.3, 0.4) is 0 Å². The van der Waals surface area contributed by atoms with Gasteiger partial charge in [0.25, 0.3) is 5.91 Å². The highest BCUT2D eigenvalue weighted by atomic mass is 16.5. The maximum Gasteiger partial charge on any atom is 0.319 e. The average molecular weight is 367 g/mol. The van der Waals surface area contributed by atoms with Crippen LogP contribution in [0.15, 0.2) is 58.3 Å². The van der Waals surface area contributed by atoms with E-state index in [0.717, 1.165) is 17.7 Å². The zero-order chi connectivity index (χ0) is 18.8. The molecule has 2 aliphatic rings. The number of rotatable bonds is 6. The SMILES string of the molecule is CCCOc1ccc([C@H]2NC(=O)NC3=C2C(=O)N(Cc2ccco2)C3)cc1. The van der Waals surface area contributed by atoms with Crippen molar-refractivity contribution in [3.63, 3.8) is 0 Å². The van der Waals surface area contributed by atoms with E-state index in [2.05, 4.69) is 10.6 Å². The van der Waals surface area contributed by atoms with Gasteiger partial charge in [-0.05, 0) is 36.2 Å². The Hall–Kier alpha value is -3.22. The quantitative estimate of drug-likeness (QED) is 0.822. The van der Waals surface area contributed by atoms with Crippen LogP contribution in [0.4, 0.5) is 4.79 Å². The van der Waals surface area contributed by atoms with Gasteiger partial charge in [-0.1, -0.05) is 19.1 Å². The third-order valence-electron chi connectivity index (χ3n) is 4.63. The van der Waals surface area contributed by atoms with Gasteiger partial charge in [0.15, 0.2) is 0 Å². The zero-order valence-electron chi connectivity index (χ0n) is 15.0. The zero-order valence-corrected chi connectivity index (χ0v) is 15.0. The van der Waals surface area contributed by atoms with Crippen LogP contribution >= 0.6 is 0 Å². The maximum absolute atomic E-state index is 13.0. The number of hydrogen-bond acceptors (Lipinski definition) is 4. The highest BCUT2D eigenvalue weighted by Gasteiger charge is 2.40. The summed E-state index contributed by atoms with van der Waals surface area (Å²) in [7, 11) is 0. The van der Waals surface area contributed by atoms with E-state index in [0.29, 0.717) is 36.7 Å². The van der Waals surface area contributed by atoms with E-state index in [1.54, 1.807) is 17.2 Å². The summed E-state index contributed by atoms with van der Waals surface area (Å²) in [5.41, 5.74) is 2.06. The van der Waals surface area contributed by atoms with Crippen molar-refractivity contribution < 1.29 is 18.7 Å². The lowest BCUT2D eigenvalue weighted by Crippen LogP contribution is -2.44. The van der Waals surface area contributed by atoms with E-state index >= 15 is 0 Å². The number of carbonyl (C=O) groups is 2. The Morgan fingerprint density at radius 3 is 2.74 bits per heavy atom. The van der Waals surface area contributed by atoms with Crippen LogP contribution in [0, 0.1) is 0 Å². The summed E-state index contributed by atoms with van der Waals surface area (Å²) < 4.78 is 11.0. The number of nitrogens with one attached hydrogen (secondary N) is 2. The van der Waals surface area contributed by atoms with Gasteiger partial charge >= 0.3 is 6.03 Å². The summed E-state index contributed by atoms with van der Waals surface area (Å²) in [4.78, 5) is 26.7. The van der Waals surface area contributed by atoms with E-state index in [4.69, 9.17) is 9.15 Å². The molecule has 1 atom stereocenters. The summed E-state index contributed by atoms with van der Waals surface area (Å²) in [5.74, 6) is 1.37. The lowest BCUT2D eigenvalue weighted by atomic mass is 9.96. The molecule has 27 heavy (non-hydrogen) atoms. The van der Waals surface area contributed by atoms with Crippen molar-refractivity contribution in [3.8, 4) is 5.75 Å². The normalized spacial score (nSPS) is 19.0. The van der Waals surface area contributed by atoms with E-state index in [9.17, 15) is 9.59 Å². The molecule has 3 heterocycles. The van der Waals surface area contributed by atoms with Gasteiger partial charge in [0.1, 0.15) is 11.5 Å². The number of ether oxygens (including phenoxy) is 1. The molecule has 0 saturated heterocycles. The second kappa shape index (κ2) is 7.19. The van der Waals surface area contributed by atoms with Gasteiger partial charge in [-0.2, -0.15) is 0 Å². The first-order chi connectivity index (χ1) is 13.2. The average Bonchev–Trinajstić information content (AvgIpc) is 3.28. The predicted octanol–water partition coefficient (Wildman–Crippen LogP) is 2.72. The van der Waals surface area contributed by atoms with Crippen molar-refractivity contribution in [2.45, 2.75) is 25.9 Å². The number of carbonyl (C=O) groups excluding carboxylic acids is 2. The second-order valence-corrected chi connectivity index (χ2v) is 6.58. The van der Waals surface area contributed by atoms with Crippen LogP contribution in [0.2, 0.25) is 0 Å². The molecule has 0 saturated carbocycles. The minimum Gasteiger partial charge on any atom is -0.494 e. The van der Waals surface area contributed by atoms with Gasteiger partial charge in [-0.25, -0.2) is 4.79 Å². The Balaban J connectivity index is 1.56. The summed E-state index contributed by atoms with van der Waals surface area (Å²) in [6, 6.07) is 10.3. The molecule has 0 unspecified atom stereocenters. The predicted molar refractivity (Wildman–Crippen MR) is 97.8 cm³/mol. The fourth-order valence-corrected chi connectivity index (χ4v) is 3.37. The minimum absolute atomic E-state index is 0.106. The molecule has 1 aromatic carbocycles. The fraction of sp³-hybridized carbons (Fsp3) is 0.300. The second-order valence-electron chi connectivity index (χ2n) is 6.58. The van der Waals surface area contributed by atoms with Gasteiger partial charge in [0.2, 0.25) is 0 Å². The molecule has 0 aliphatic carbocycles. The highest BCUT2D eigenvalue weighted by Crippen LogP contribution is 2.33. The molecular weight excluding hydrogens is 346 g/mol. The van der Waals surface area contributed by atoms with Crippen LogP contribution in [-0.2, 0) is 11.3 Å². The first-order valence-corrected chi connectivity index (χ1v) is 9.00. The van der Waals surface area contributed by atoms with Crippen LogP contribution in [-0.4, -0.2) is 30.0 Å². The third kappa shape index (κ3) is 3.40. The molecule has 7 nitrogen and oxygen atoms in total. The molecular formula is C20H21N3O4. The first-order valence-electron chi connectivity index (χ1n) is 9.00. The van der Waals surface area contributed by atoms with Crippen molar-refractivity contribution in [2.75, 3.05) is 13.2 Å². The topological polar surface area (TPSA) is 83.8 Å². The van der Waals surface area contributed by atoms with E-state index in [1.807, 2.05) is 37.3 Å². The van der Waals surface area contributed by atoms with E-state index in [1.165, 1.54) is 0 Å². The third-order valence-corrected chi connectivity index (χ3v) is 4.63. The van der Waals surface area contributed by atoms with Gasteiger partial charge in [-0.3, -0.25) is 4.79 Å². The van der Waals surface area contributed by atoms with Gasteiger partial charge in [0.05, 0.1) is 43.3 Å². The molecule has 2 aliphatic heterocycles. The molecule has 0 radical (unpaired) electrons. The summed E-state index contributed by atoms with van der Waals surface area (Å²) >= 11 is 0. The summed E-state index contributed by atoms with van der Waals surface area (Å²) in [6.07, 6.45) is 2.51. The highest BCUT2D eigenvalue weighted by molar-refractivity contribution is 6.01. The molecule has 2 N–H and O–H groups in total. The molecule has 2 aromatic rings. The number of amides is 3. The van der Waals surface area contributed by atoms with Crippen molar-refractivity contribution in [1.29, 1.82) is 0 Å². The van der Waals surface area contributed by atoms with E-state index in [-0.39, 0.29) is 11.9 Å². The van der Waals surface area contributed by atoms with Crippen LogP contribution in [0.1, 0.15) is 30.7 Å². The van der Waals surface area contributed by atoms with Gasteiger partial charge in [-0.15, -0.1) is 0 Å². The van der Waals surface area contributed by atoms with Crippen molar-refractivity contribution in [2.24, 2.45) is 0 Å². The molecule has 0 fully saturated rings. The Labute approximate surface area is 157 Å². The van der Waals surface area contributed by atoms with E-state index < -0.39 is 6.04 Å². The minimum atomic E-state index is -0.483. The number of hydrogen-bond donors (Lipinski definition) is 2. The van der Waals surface area contributed by atoms with Gasteiger partial charge in [0, 0.05) is 0 Å². The maximum atomic E-state index is 13.0. The fourth-order valence-electron chi connectivity index (χ4n) is 3.37. The molecule has 0 spiro atoms. The Bertz CT molecular complexity index is 871. The lowest BCUT2D eigenvalue weighted by molar-refractivity contribution is -0.126. The van der Waals surface area contributed by atoms with Crippen LogP contribution < -0.4 is 15.4 Å². The molecule has 7 heteroatoms. The Kier molecular flexibility index (Phi) is 4.58. The Morgan fingerprint density at radius 2 is 2.04 bits per heavy atom. The molecule has 3 amide bonds. The summed E-state index contributed by atoms with van der Waals surface area (Å²) in [5, 5.41) is 5.63. The largest absolute Gasteiger partial charge is 0.494 e.